The predicted octanol–water partition coefficient (Wildman–Crippen LogP) is 3.38. The van der Waals surface area contributed by atoms with E-state index in [0.29, 0.717) is 6.54 Å². The van der Waals surface area contributed by atoms with E-state index < -0.39 is 6.10 Å². The minimum absolute atomic E-state index is 0.436. The van der Waals surface area contributed by atoms with Gasteiger partial charge in [-0.2, -0.15) is 0 Å². The summed E-state index contributed by atoms with van der Waals surface area (Å²) in [4.78, 5) is 4.35. The molecule has 3 nitrogen and oxygen atoms in total. The van der Waals surface area contributed by atoms with E-state index in [9.17, 15) is 5.11 Å². The lowest BCUT2D eigenvalue weighted by Gasteiger charge is -2.13. The molecule has 3 rings (SSSR count). The Morgan fingerprint density at radius 3 is 2.55 bits per heavy atom. The molecule has 3 heteroatoms. The molecule has 1 heterocycles. The number of nitrogens with zero attached hydrogens (tertiary/aromatic N) is 1. The second-order valence-electron chi connectivity index (χ2n) is 4.69. The van der Waals surface area contributed by atoms with Crippen molar-refractivity contribution >= 4 is 16.6 Å². The summed E-state index contributed by atoms with van der Waals surface area (Å²) in [7, 11) is 0. The van der Waals surface area contributed by atoms with Gasteiger partial charge in [-0.15, -0.1) is 0 Å². The van der Waals surface area contributed by atoms with Crippen LogP contribution in [0.15, 0.2) is 66.9 Å². The van der Waals surface area contributed by atoms with Gasteiger partial charge < -0.3 is 10.4 Å². The maximum Gasteiger partial charge on any atom is 0.133 e. The second-order valence-corrected chi connectivity index (χ2v) is 4.69. The van der Waals surface area contributed by atoms with Crippen LogP contribution in [-0.2, 0) is 0 Å². The molecule has 0 aliphatic heterocycles. The average molecular weight is 264 g/mol. The van der Waals surface area contributed by atoms with Gasteiger partial charge >= 0.3 is 0 Å². The Balaban J connectivity index is 1.77. The molecular formula is C17H16N2O. The van der Waals surface area contributed by atoms with Crippen molar-refractivity contribution in [3.8, 4) is 0 Å². The predicted molar refractivity (Wildman–Crippen MR) is 81.6 cm³/mol. The number of benzene rings is 2. The molecule has 0 spiro atoms. The van der Waals surface area contributed by atoms with Crippen molar-refractivity contribution in [2.24, 2.45) is 0 Å². The number of rotatable bonds is 4. The zero-order chi connectivity index (χ0) is 13.8. The molecule has 0 saturated heterocycles. The number of pyridine rings is 1. The fourth-order valence-electron chi connectivity index (χ4n) is 2.25. The summed E-state index contributed by atoms with van der Waals surface area (Å²) in [5.41, 5.74) is 0.903. The highest BCUT2D eigenvalue weighted by molar-refractivity contribution is 5.91. The lowest BCUT2D eigenvalue weighted by molar-refractivity contribution is 0.191. The largest absolute Gasteiger partial charge is 0.387 e. The van der Waals surface area contributed by atoms with Crippen LogP contribution in [0.2, 0.25) is 0 Å². The van der Waals surface area contributed by atoms with Crippen LogP contribution in [0.25, 0.3) is 10.8 Å². The summed E-state index contributed by atoms with van der Waals surface area (Å²) in [6.07, 6.45) is 1.23. The molecule has 0 bridgehead atoms. The monoisotopic (exact) mass is 264 g/mol. The molecule has 0 saturated carbocycles. The van der Waals surface area contributed by atoms with Crippen molar-refractivity contribution in [3.05, 3.63) is 72.4 Å². The van der Waals surface area contributed by atoms with Crippen molar-refractivity contribution in [1.29, 1.82) is 0 Å². The van der Waals surface area contributed by atoms with Gasteiger partial charge in [-0.3, -0.25) is 0 Å². The Morgan fingerprint density at radius 1 is 0.950 bits per heavy atom. The number of fused-ring (bicyclic) bond motifs is 1. The third-order valence-electron chi connectivity index (χ3n) is 3.32. The van der Waals surface area contributed by atoms with E-state index in [4.69, 9.17) is 0 Å². The van der Waals surface area contributed by atoms with E-state index in [1.165, 1.54) is 0 Å². The highest BCUT2D eigenvalue weighted by atomic mass is 16.3. The van der Waals surface area contributed by atoms with Crippen LogP contribution in [0.4, 0.5) is 5.82 Å². The third kappa shape index (κ3) is 2.63. The van der Waals surface area contributed by atoms with Crippen LogP contribution in [0.5, 0.6) is 0 Å². The third-order valence-corrected chi connectivity index (χ3v) is 3.32. The number of aromatic nitrogens is 1. The van der Waals surface area contributed by atoms with Crippen LogP contribution in [-0.4, -0.2) is 16.6 Å². The standard InChI is InChI=1S/C17H16N2O/c20-16(14-7-2-1-3-8-14)12-19-17-15-9-5-4-6-13(15)10-11-18-17/h1-11,16,20H,12H2,(H,18,19). The number of aliphatic hydroxyl groups excluding tert-OH is 1. The highest BCUT2D eigenvalue weighted by Gasteiger charge is 2.08. The van der Waals surface area contributed by atoms with Gasteiger partial charge in [0.15, 0.2) is 0 Å². The van der Waals surface area contributed by atoms with E-state index in [0.717, 1.165) is 22.2 Å². The molecule has 1 atom stereocenters. The van der Waals surface area contributed by atoms with E-state index >= 15 is 0 Å². The van der Waals surface area contributed by atoms with Crippen molar-refractivity contribution in [1.82, 2.24) is 4.98 Å². The van der Waals surface area contributed by atoms with Gasteiger partial charge in [0.1, 0.15) is 5.82 Å². The normalized spacial score (nSPS) is 12.2. The smallest absolute Gasteiger partial charge is 0.133 e. The fourth-order valence-corrected chi connectivity index (χ4v) is 2.25. The van der Waals surface area contributed by atoms with Gasteiger partial charge in [0.2, 0.25) is 0 Å². The van der Waals surface area contributed by atoms with Crippen molar-refractivity contribution < 1.29 is 5.11 Å². The molecule has 0 aliphatic rings. The Labute approximate surface area is 117 Å². The Kier molecular flexibility index (Phi) is 3.61. The number of hydrogen-bond donors (Lipinski definition) is 2. The fraction of sp³-hybridized carbons (Fsp3) is 0.118. The molecule has 1 aromatic heterocycles. The molecule has 2 N–H and O–H groups in total. The molecule has 2 aromatic carbocycles. The summed E-state index contributed by atoms with van der Waals surface area (Å²) in [6.45, 7) is 0.436. The number of anilines is 1. The first-order chi connectivity index (χ1) is 9.84. The second kappa shape index (κ2) is 5.72. The van der Waals surface area contributed by atoms with Gasteiger partial charge in [-0.25, -0.2) is 4.98 Å². The van der Waals surface area contributed by atoms with Gasteiger partial charge in [-0.1, -0.05) is 54.6 Å². The molecule has 0 aliphatic carbocycles. The maximum atomic E-state index is 10.2. The minimum atomic E-state index is -0.544. The van der Waals surface area contributed by atoms with Crippen molar-refractivity contribution in [3.63, 3.8) is 0 Å². The van der Waals surface area contributed by atoms with Crippen LogP contribution in [0.3, 0.4) is 0 Å². The first-order valence-electron chi connectivity index (χ1n) is 6.65. The topological polar surface area (TPSA) is 45.1 Å². The van der Waals surface area contributed by atoms with Gasteiger partial charge in [0.05, 0.1) is 6.10 Å². The SMILES string of the molecule is OC(CNc1nccc2ccccc12)c1ccccc1. The lowest BCUT2D eigenvalue weighted by Crippen LogP contribution is -2.13. The molecule has 100 valence electrons. The molecule has 0 radical (unpaired) electrons. The Morgan fingerprint density at radius 2 is 1.70 bits per heavy atom. The van der Waals surface area contributed by atoms with E-state index in [1.54, 1.807) is 6.20 Å². The zero-order valence-electron chi connectivity index (χ0n) is 11.0. The summed E-state index contributed by atoms with van der Waals surface area (Å²) in [5.74, 6) is 0.804. The first kappa shape index (κ1) is 12.6. The summed E-state index contributed by atoms with van der Waals surface area (Å²) in [5, 5.41) is 15.6. The van der Waals surface area contributed by atoms with Gasteiger partial charge in [0, 0.05) is 18.1 Å². The minimum Gasteiger partial charge on any atom is -0.387 e. The average Bonchev–Trinajstić information content (AvgIpc) is 2.53. The zero-order valence-corrected chi connectivity index (χ0v) is 11.0. The van der Waals surface area contributed by atoms with Crippen LogP contribution in [0, 0.1) is 0 Å². The number of nitrogens with one attached hydrogen (secondary N) is 1. The number of aliphatic hydroxyl groups is 1. The summed E-state index contributed by atoms with van der Waals surface area (Å²) in [6, 6.07) is 19.7. The van der Waals surface area contributed by atoms with Gasteiger partial charge in [0.25, 0.3) is 0 Å². The van der Waals surface area contributed by atoms with Crippen molar-refractivity contribution in [2.75, 3.05) is 11.9 Å². The molecule has 0 amide bonds. The van der Waals surface area contributed by atoms with Crippen LogP contribution >= 0.6 is 0 Å². The van der Waals surface area contributed by atoms with E-state index in [2.05, 4.69) is 16.4 Å². The molecule has 1 unspecified atom stereocenters. The maximum absolute atomic E-state index is 10.2. The van der Waals surface area contributed by atoms with Crippen molar-refractivity contribution in [2.45, 2.75) is 6.10 Å². The Bertz CT molecular complexity index is 692. The lowest BCUT2D eigenvalue weighted by atomic mass is 10.1. The van der Waals surface area contributed by atoms with Crippen LogP contribution in [0.1, 0.15) is 11.7 Å². The highest BCUT2D eigenvalue weighted by Crippen LogP contribution is 2.21. The quantitative estimate of drug-likeness (QED) is 0.759. The Hall–Kier alpha value is -2.39. The van der Waals surface area contributed by atoms with Gasteiger partial charge in [-0.05, 0) is 17.0 Å². The summed E-state index contributed by atoms with van der Waals surface area (Å²) < 4.78 is 0. The molecule has 20 heavy (non-hydrogen) atoms. The van der Waals surface area contributed by atoms with E-state index in [1.807, 2.05) is 54.6 Å². The number of hydrogen-bond acceptors (Lipinski definition) is 3. The molecule has 3 aromatic rings. The first-order valence-corrected chi connectivity index (χ1v) is 6.65. The van der Waals surface area contributed by atoms with E-state index in [-0.39, 0.29) is 0 Å². The molecule has 0 fully saturated rings. The summed E-state index contributed by atoms with van der Waals surface area (Å²) >= 11 is 0. The molecular weight excluding hydrogens is 248 g/mol. The van der Waals surface area contributed by atoms with Crippen LogP contribution < -0.4 is 5.32 Å².